The maximum atomic E-state index is 12.9. The van der Waals surface area contributed by atoms with Crippen LogP contribution in [0.4, 0.5) is 13.2 Å². The molecule has 3 nitrogen and oxygen atoms in total. The van der Waals surface area contributed by atoms with Crippen LogP contribution >= 0.6 is 0 Å². The Bertz CT molecular complexity index is 441. The molecule has 1 heterocycles. The van der Waals surface area contributed by atoms with Crippen LogP contribution in [0.3, 0.4) is 0 Å². The summed E-state index contributed by atoms with van der Waals surface area (Å²) in [4.78, 5) is 0. The molecule has 100 valence electrons. The van der Waals surface area contributed by atoms with Gasteiger partial charge in [-0.3, -0.25) is 0 Å². The summed E-state index contributed by atoms with van der Waals surface area (Å²) >= 11 is 0. The molecule has 1 N–H and O–H groups in total. The lowest BCUT2D eigenvalue weighted by Gasteiger charge is -2.24. The van der Waals surface area contributed by atoms with Gasteiger partial charge in [0.25, 0.3) is 0 Å². The van der Waals surface area contributed by atoms with Crippen LogP contribution in [0.1, 0.15) is 18.1 Å². The standard InChI is InChI=1S/C12H13F3O3/c1-7(16)6-8-9(12(13,14)15)2-3-10-11(8)18-5-4-17-10/h2-3,7,16H,4-6H2,1H3. The van der Waals surface area contributed by atoms with Crippen LogP contribution in [-0.2, 0) is 12.6 Å². The molecule has 0 amide bonds. The van der Waals surface area contributed by atoms with Crippen LogP contribution in [0.5, 0.6) is 11.5 Å². The van der Waals surface area contributed by atoms with E-state index in [0.717, 1.165) is 6.07 Å². The van der Waals surface area contributed by atoms with Gasteiger partial charge in [-0.05, 0) is 19.1 Å². The van der Waals surface area contributed by atoms with Crippen molar-refractivity contribution in [2.75, 3.05) is 13.2 Å². The van der Waals surface area contributed by atoms with Gasteiger partial charge in [-0.2, -0.15) is 13.2 Å². The van der Waals surface area contributed by atoms with E-state index < -0.39 is 17.8 Å². The van der Waals surface area contributed by atoms with Gasteiger partial charge in [-0.15, -0.1) is 0 Å². The molecular weight excluding hydrogens is 249 g/mol. The molecule has 0 aromatic heterocycles. The Morgan fingerprint density at radius 1 is 1.28 bits per heavy atom. The third-order valence-corrected chi connectivity index (χ3v) is 2.62. The lowest BCUT2D eigenvalue weighted by Crippen LogP contribution is -2.21. The highest BCUT2D eigenvalue weighted by molar-refractivity contribution is 5.52. The number of aliphatic hydroxyl groups is 1. The molecule has 0 fully saturated rings. The fourth-order valence-corrected chi connectivity index (χ4v) is 1.94. The molecule has 1 aliphatic heterocycles. The molecule has 1 aliphatic rings. The first-order chi connectivity index (χ1) is 8.39. The Labute approximate surface area is 102 Å². The summed E-state index contributed by atoms with van der Waals surface area (Å²) in [7, 11) is 0. The van der Waals surface area contributed by atoms with Gasteiger partial charge in [0.2, 0.25) is 0 Å². The number of hydrogen-bond donors (Lipinski definition) is 1. The highest BCUT2D eigenvalue weighted by Crippen LogP contribution is 2.42. The maximum absolute atomic E-state index is 12.9. The average Bonchev–Trinajstić information content (AvgIpc) is 2.27. The minimum atomic E-state index is -4.47. The average molecular weight is 262 g/mol. The predicted molar refractivity (Wildman–Crippen MR) is 57.8 cm³/mol. The molecular formula is C12H13F3O3. The van der Waals surface area contributed by atoms with Crippen LogP contribution in [0.2, 0.25) is 0 Å². The SMILES string of the molecule is CC(O)Cc1c(C(F)(F)F)ccc2c1OCCO2. The van der Waals surface area contributed by atoms with Crippen molar-refractivity contribution in [3.05, 3.63) is 23.3 Å². The Hall–Kier alpha value is -1.43. The van der Waals surface area contributed by atoms with Gasteiger partial charge in [0.15, 0.2) is 11.5 Å². The zero-order valence-corrected chi connectivity index (χ0v) is 9.75. The van der Waals surface area contributed by atoms with E-state index in [4.69, 9.17) is 9.47 Å². The molecule has 18 heavy (non-hydrogen) atoms. The highest BCUT2D eigenvalue weighted by atomic mass is 19.4. The van der Waals surface area contributed by atoms with Gasteiger partial charge in [-0.1, -0.05) is 0 Å². The van der Waals surface area contributed by atoms with E-state index in [1.807, 2.05) is 0 Å². The lowest BCUT2D eigenvalue weighted by molar-refractivity contribution is -0.138. The second-order valence-corrected chi connectivity index (χ2v) is 4.17. The molecule has 0 bridgehead atoms. The summed E-state index contributed by atoms with van der Waals surface area (Å²) in [5.74, 6) is 0.391. The molecule has 0 aliphatic carbocycles. The topological polar surface area (TPSA) is 38.7 Å². The molecule has 1 unspecified atom stereocenters. The third-order valence-electron chi connectivity index (χ3n) is 2.62. The number of benzene rings is 1. The summed E-state index contributed by atoms with van der Waals surface area (Å²) in [5.41, 5.74) is -0.831. The normalized spacial score (nSPS) is 16.5. The van der Waals surface area contributed by atoms with Crippen LogP contribution in [0.25, 0.3) is 0 Å². The van der Waals surface area contributed by atoms with E-state index in [0.29, 0.717) is 12.4 Å². The molecule has 1 aromatic rings. The summed E-state index contributed by atoms with van der Waals surface area (Å²) in [6.45, 7) is 1.96. The van der Waals surface area contributed by atoms with Crippen LogP contribution in [-0.4, -0.2) is 24.4 Å². The van der Waals surface area contributed by atoms with Crippen molar-refractivity contribution in [3.8, 4) is 11.5 Å². The largest absolute Gasteiger partial charge is 0.486 e. The first-order valence-electron chi connectivity index (χ1n) is 5.56. The van der Waals surface area contributed by atoms with E-state index in [1.165, 1.54) is 13.0 Å². The minimum absolute atomic E-state index is 0.0466. The van der Waals surface area contributed by atoms with Crippen LogP contribution in [0, 0.1) is 0 Å². The molecule has 1 aromatic carbocycles. The molecule has 6 heteroatoms. The number of rotatable bonds is 2. The third kappa shape index (κ3) is 2.53. The summed E-state index contributed by atoms with van der Waals surface area (Å²) < 4.78 is 49.2. The van der Waals surface area contributed by atoms with Crippen molar-refractivity contribution in [1.82, 2.24) is 0 Å². The molecule has 0 radical (unpaired) electrons. The minimum Gasteiger partial charge on any atom is -0.486 e. The Balaban J connectivity index is 2.53. The van der Waals surface area contributed by atoms with Crippen LogP contribution in [0.15, 0.2) is 12.1 Å². The van der Waals surface area contributed by atoms with Gasteiger partial charge in [0.05, 0.1) is 11.7 Å². The van der Waals surface area contributed by atoms with Crippen molar-refractivity contribution >= 4 is 0 Å². The van der Waals surface area contributed by atoms with Gasteiger partial charge in [0.1, 0.15) is 13.2 Å². The number of ether oxygens (including phenoxy) is 2. The maximum Gasteiger partial charge on any atom is 0.416 e. The fourth-order valence-electron chi connectivity index (χ4n) is 1.94. The first-order valence-corrected chi connectivity index (χ1v) is 5.56. The second-order valence-electron chi connectivity index (χ2n) is 4.17. The quantitative estimate of drug-likeness (QED) is 0.889. The fraction of sp³-hybridized carbons (Fsp3) is 0.500. The zero-order chi connectivity index (χ0) is 13.3. The predicted octanol–water partition coefficient (Wildman–Crippen LogP) is 2.40. The van der Waals surface area contributed by atoms with E-state index in [-0.39, 0.29) is 24.3 Å². The van der Waals surface area contributed by atoms with E-state index in [2.05, 4.69) is 0 Å². The molecule has 0 saturated heterocycles. The Kier molecular flexibility index (Phi) is 3.38. The van der Waals surface area contributed by atoms with Crippen molar-refractivity contribution in [1.29, 1.82) is 0 Å². The van der Waals surface area contributed by atoms with Gasteiger partial charge in [-0.25, -0.2) is 0 Å². The zero-order valence-electron chi connectivity index (χ0n) is 9.75. The summed E-state index contributed by atoms with van der Waals surface area (Å²) in [6.07, 6.45) is -5.48. The van der Waals surface area contributed by atoms with Gasteiger partial charge in [0, 0.05) is 12.0 Å². The van der Waals surface area contributed by atoms with Crippen molar-refractivity contribution < 1.29 is 27.8 Å². The Morgan fingerprint density at radius 2 is 1.94 bits per heavy atom. The highest BCUT2D eigenvalue weighted by Gasteiger charge is 2.36. The summed E-state index contributed by atoms with van der Waals surface area (Å²) in [6, 6.07) is 2.22. The summed E-state index contributed by atoms with van der Waals surface area (Å²) in [5, 5.41) is 9.33. The van der Waals surface area contributed by atoms with E-state index in [1.54, 1.807) is 0 Å². The van der Waals surface area contributed by atoms with Gasteiger partial charge < -0.3 is 14.6 Å². The molecule has 0 spiro atoms. The monoisotopic (exact) mass is 262 g/mol. The van der Waals surface area contributed by atoms with Crippen LogP contribution < -0.4 is 9.47 Å². The van der Waals surface area contributed by atoms with Crippen molar-refractivity contribution in [3.63, 3.8) is 0 Å². The first kappa shape index (κ1) is 13.0. The second kappa shape index (κ2) is 4.68. The molecule has 0 saturated carbocycles. The number of halogens is 3. The van der Waals surface area contributed by atoms with Crippen molar-refractivity contribution in [2.24, 2.45) is 0 Å². The Morgan fingerprint density at radius 3 is 2.56 bits per heavy atom. The van der Waals surface area contributed by atoms with Crippen molar-refractivity contribution in [2.45, 2.75) is 25.6 Å². The van der Waals surface area contributed by atoms with Gasteiger partial charge >= 0.3 is 6.18 Å². The smallest absolute Gasteiger partial charge is 0.416 e. The lowest BCUT2D eigenvalue weighted by atomic mass is 9.99. The number of aliphatic hydroxyl groups excluding tert-OH is 1. The van der Waals surface area contributed by atoms with E-state index in [9.17, 15) is 18.3 Å². The number of hydrogen-bond acceptors (Lipinski definition) is 3. The van der Waals surface area contributed by atoms with E-state index >= 15 is 0 Å². The number of alkyl halides is 3. The molecule has 2 rings (SSSR count). The number of fused-ring (bicyclic) bond motifs is 1. The molecule has 1 atom stereocenters.